The quantitative estimate of drug-likeness (QED) is 0.614. The third-order valence-electron chi connectivity index (χ3n) is 3.60. The average molecular weight is 308 g/mol. The smallest absolute Gasteiger partial charge is 0.404 e. The van der Waals surface area contributed by atoms with Crippen LogP contribution in [0.15, 0.2) is 30.3 Å². The monoisotopic (exact) mass is 308 g/mol. The van der Waals surface area contributed by atoms with E-state index >= 15 is 0 Å². The molecule has 0 spiro atoms. The molecule has 22 heavy (non-hydrogen) atoms. The van der Waals surface area contributed by atoms with Gasteiger partial charge in [0.15, 0.2) is 6.10 Å². The fraction of sp³-hybridized carbons (Fsp3) is 0.500. The van der Waals surface area contributed by atoms with Gasteiger partial charge in [-0.25, -0.2) is 4.79 Å². The minimum atomic E-state index is -1.46. The van der Waals surface area contributed by atoms with Crippen molar-refractivity contribution in [3.8, 4) is 0 Å². The molecule has 0 radical (unpaired) electrons. The highest BCUT2D eigenvalue weighted by Crippen LogP contribution is 2.10. The predicted octanol–water partition coefficient (Wildman–Crippen LogP) is 1.53. The maximum absolute atomic E-state index is 12.1. The van der Waals surface area contributed by atoms with Crippen molar-refractivity contribution in [2.75, 3.05) is 0 Å². The summed E-state index contributed by atoms with van der Waals surface area (Å²) in [6, 6.07) is 8.21. The Bertz CT molecular complexity index is 502. The molecule has 2 unspecified atom stereocenters. The van der Waals surface area contributed by atoms with Crippen LogP contribution in [-0.2, 0) is 11.2 Å². The Morgan fingerprint density at radius 1 is 1.23 bits per heavy atom. The molecule has 2 atom stereocenters. The molecule has 0 fully saturated rings. The van der Waals surface area contributed by atoms with Gasteiger partial charge in [0, 0.05) is 5.54 Å². The van der Waals surface area contributed by atoms with Gasteiger partial charge in [-0.3, -0.25) is 4.79 Å². The molecule has 1 aromatic carbocycles. The summed E-state index contributed by atoms with van der Waals surface area (Å²) in [5.41, 5.74) is 0.376. The van der Waals surface area contributed by atoms with Gasteiger partial charge in [0.1, 0.15) is 0 Å². The first kappa shape index (κ1) is 18.0. The molecule has 1 aromatic rings. The molecule has 0 heterocycles. The molecule has 0 bridgehead atoms. The standard InChI is InChI=1S/C16H24N2O4/c1-4-16(2,3)18-14(20)13(19)12(17-15(21)22)10-11-8-6-5-7-9-11/h5-9,12-13,17,19H,4,10H2,1-3H3,(H,18,20)(H,21,22). The van der Waals surface area contributed by atoms with Crippen molar-refractivity contribution >= 4 is 12.0 Å². The summed E-state index contributed by atoms with van der Waals surface area (Å²) in [5, 5.41) is 24.1. The number of rotatable bonds is 7. The topological polar surface area (TPSA) is 98.7 Å². The van der Waals surface area contributed by atoms with Crippen molar-refractivity contribution in [3.05, 3.63) is 35.9 Å². The van der Waals surface area contributed by atoms with E-state index in [0.29, 0.717) is 6.42 Å². The molecule has 0 saturated heterocycles. The Labute approximate surface area is 130 Å². The Morgan fingerprint density at radius 2 is 1.82 bits per heavy atom. The molecule has 0 aliphatic rings. The van der Waals surface area contributed by atoms with Crippen molar-refractivity contribution in [2.24, 2.45) is 0 Å². The number of benzene rings is 1. The first-order valence-electron chi connectivity index (χ1n) is 7.28. The second kappa shape index (κ2) is 7.79. The Kier molecular flexibility index (Phi) is 6.37. The highest BCUT2D eigenvalue weighted by molar-refractivity contribution is 5.82. The number of aliphatic hydroxyl groups excluding tert-OH is 1. The van der Waals surface area contributed by atoms with Crippen LogP contribution >= 0.6 is 0 Å². The van der Waals surface area contributed by atoms with Crippen LogP contribution in [0.5, 0.6) is 0 Å². The van der Waals surface area contributed by atoms with Gasteiger partial charge < -0.3 is 20.8 Å². The third-order valence-corrected chi connectivity index (χ3v) is 3.60. The number of hydrogen-bond acceptors (Lipinski definition) is 3. The summed E-state index contributed by atoms with van der Waals surface area (Å²) < 4.78 is 0. The summed E-state index contributed by atoms with van der Waals surface area (Å²) in [6.07, 6.45) is -1.81. The van der Waals surface area contributed by atoms with Crippen molar-refractivity contribution in [3.63, 3.8) is 0 Å². The highest BCUT2D eigenvalue weighted by atomic mass is 16.4. The zero-order chi connectivity index (χ0) is 16.8. The second-order valence-corrected chi connectivity index (χ2v) is 5.92. The minimum absolute atomic E-state index is 0.230. The summed E-state index contributed by atoms with van der Waals surface area (Å²) in [7, 11) is 0. The SMILES string of the molecule is CCC(C)(C)NC(=O)C(O)C(Cc1ccccc1)NC(=O)O. The molecule has 0 aromatic heterocycles. The van der Waals surface area contributed by atoms with Gasteiger partial charge in [-0.2, -0.15) is 0 Å². The average Bonchev–Trinajstić information content (AvgIpc) is 2.46. The van der Waals surface area contributed by atoms with Gasteiger partial charge in [0.25, 0.3) is 5.91 Å². The fourth-order valence-electron chi connectivity index (χ4n) is 1.95. The lowest BCUT2D eigenvalue weighted by molar-refractivity contribution is -0.132. The molecule has 122 valence electrons. The normalized spacial score (nSPS) is 14.0. The van der Waals surface area contributed by atoms with Crippen LogP contribution in [0.4, 0.5) is 4.79 Å². The van der Waals surface area contributed by atoms with Crippen molar-refractivity contribution < 1.29 is 19.8 Å². The van der Waals surface area contributed by atoms with Crippen molar-refractivity contribution in [2.45, 2.75) is 51.3 Å². The Balaban J connectivity index is 2.82. The third kappa shape index (κ3) is 5.73. The van der Waals surface area contributed by atoms with Gasteiger partial charge in [0.2, 0.25) is 0 Å². The minimum Gasteiger partial charge on any atom is -0.465 e. The van der Waals surface area contributed by atoms with E-state index < -0.39 is 29.7 Å². The van der Waals surface area contributed by atoms with Crippen molar-refractivity contribution in [1.29, 1.82) is 0 Å². The zero-order valence-electron chi connectivity index (χ0n) is 13.2. The van der Waals surface area contributed by atoms with Crippen LogP contribution in [0.1, 0.15) is 32.8 Å². The number of carboxylic acid groups (broad SMARTS) is 1. The lowest BCUT2D eigenvalue weighted by atomic mass is 9.98. The number of aliphatic hydroxyl groups is 1. The molecule has 4 N–H and O–H groups in total. The maximum atomic E-state index is 12.1. The van der Waals surface area contributed by atoms with Crippen LogP contribution in [-0.4, -0.2) is 39.9 Å². The molecular weight excluding hydrogens is 284 g/mol. The number of nitrogens with one attached hydrogen (secondary N) is 2. The fourth-order valence-corrected chi connectivity index (χ4v) is 1.95. The second-order valence-electron chi connectivity index (χ2n) is 5.92. The van der Waals surface area contributed by atoms with Gasteiger partial charge in [-0.15, -0.1) is 0 Å². The van der Waals surface area contributed by atoms with Crippen LogP contribution < -0.4 is 10.6 Å². The van der Waals surface area contributed by atoms with E-state index in [0.717, 1.165) is 5.56 Å². The lowest BCUT2D eigenvalue weighted by Crippen LogP contribution is -2.55. The first-order chi connectivity index (χ1) is 10.2. The van der Waals surface area contributed by atoms with Gasteiger partial charge in [-0.1, -0.05) is 37.3 Å². The first-order valence-corrected chi connectivity index (χ1v) is 7.28. The van der Waals surface area contributed by atoms with Crippen LogP contribution in [0.25, 0.3) is 0 Å². The lowest BCUT2D eigenvalue weighted by Gasteiger charge is -2.29. The van der Waals surface area contributed by atoms with E-state index in [2.05, 4.69) is 10.6 Å². The summed E-state index contributed by atoms with van der Waals surface area (Å²) in [5.74, 6) is -0.582. The van der Waals surface area contributed by atoms with E-state index in [-0.39, 0.29) is 6.42 Å². The number of carbonyl (C=O) groups is 2. The van der Waals surface area contributed by atoms with E-state index in [4.69, 9.17) is 5.11 Å². The molecular formula is C16H24N2O4. The van der Waals surface area contributed by atoms with E-state index in [9.17, 15) is 14.7 Å². The van der Waals surface area contributed by atoms with Crippen LogP contribution in [0.3, 0.4) is 0 Å². The van der Waals surface area contributed by atoms with Crippen molar-refractivity contribution in [1.82, 2.24) is 10.6 Å². The van der Waals surface area contributed by atoms with Gasteiger partial charge >= 0.3 is 6.09 Å². The summed E-state index contributed by atoms with van der Waals surface area (Å²) >= 11 is 0. The van der Waals surface area contributed by atoms with Crippen LogP contribution in [0, 0.1) is 0 Å². The Morgan fingerprint density at radius 3 is 2.32 bits per heavy atom. The predicted molar refractivity (Wildman–Crippen MR) is 83.6 cm³/mol. The largest absolute Gasteiger partial charge is 0.465 e. The molecule has 6 heteroatoms. The zero-order valence-corrected chi connectivity index (χ0v) is 13.2. The van der Waals surface area contributed by atoms with E-state index in [1.807, 2.05) is 51.1 Å². The maximum Gasteiger partial charge on any atom is 0.404 e. The Hall–Kier alpha value is -2.08. The molecule has 0 aliphatic carbocycles. The summed E-state index contributed by atoms with van der Waals surface area (Å²) in [6.45, 7) is 5.60. The molecule has 0 aliphatic heterocycles. The highest BCUT2D eigenvalue weighted by Gasteiger charge is 2.30. The molecule has 2 amide bonds. The number of amides is 2. The van der Waals surface area contributed by atoms with E-state index in [1.54, 1.807) is 0 Å². The van der Waals surface area contributed by atoms with E-state index in [1.165, 1.54) is 0 Å². The van der Waals surface area contributed by atoms with Gasteiger partial charge in [0.05, 0.1) is 6.04 Å². The van der Waals surface area contributed by atoms with Crippen LogP contribution in [0.2, 0.25) is 0 Å². The number of carbonyl (C=O) groups excluding carboxylic acids is 1. The molecule has 6 nitrogen and oxygen atoms in total. The number of hydrogen-bond donors (Lipinski definition) is 4. The summed E-state index contributed by atoms with van der Waals surface area (Å²) in [4.78, 5) is 23.1. The van der Waals surface area contributed by atoms with Gasteiger partial charge in [-0.05, 0) is 32.3 Å². The molecule has 0 saturated carbocycles. The molecule has 1 rings (SSSR count).